The van der Waals surface area contributed by atoms with Crippen LogP contribution < -0.4 is 4.74 Å². The number of aromatic nitrogens is 3. The van der Waals surface area contributed by atoms with Gasteiger partial charge in [0, 0.05) is 27.0 Å². The molecule has 2 aromatic heterocycles. The third-order valence-electron chi connectivity index (χ3n) is 3.85. The number of rotatable bonds is 7. The fourth-order valence-electron chi connectivity index (χ4n) is 2.57. The van der Waals surface area contributed by atoms with E-state index in [1.54, 1.807) is 12.1 Å². The molecule has 0 radical (unpaired) electrons. The molecule has 0 aliphatic heterocycles. The van der Waals surface area contributed by atoms with Crippen LogP contribution in [0, 0.1) is 17.0 Å². The van der Waals surface area contributed by atoms with E-state index in [4.69, 9.17) is 27.9 Å². The molecule has 3 aromatic rings. The van der Waals surface area contributed by atoms with Crippen molar-refractivity contribution in [2.45, 2.75) is 36.9 Å². The minimum Gasteiger partial charge on any atom is -0.481 e. The first kappa shape index (κ1) is 20.4. The monoisotopic (exact) mass is 438 g/mol. The van der Waals surface area contributed by atoms with Crippen LogP contribution in [0.2, 0.25) is 10.0 Å². The second-order valence-corrected chi connectivity index (χ2v) is 7.70. The molecule has 0 bridgehead atoms. The second kappa shape index (κ2) is 8.81. The molecule has 0 N–H and O–H groups in total. The number of pyridine rings is 1. The molecular formula is C18H16Cl2N4O3S. The Morgan fingerprint density at radius 2 is 2.00 bits per heavy atom. The van der Waals surface area contributed by atoms with E-state index < -0.39 is 4.92 Å². The fraction of sp³-hybridized carbons (Fsp3) is 0.222. The molecule has 0 aliphatic rings. The first-order valence-corrected chi connectivity index (χ1v) is 9.88. The summed E-state index contributed by atoms with van der Waals surface area (Å²) in [7, 11) is 0. The smallest absolute Gasteiger partial charge is 0.406 e. The van der Waals surface area contributed by atoms with Crippen molar-refractivity contribution < 1.29 is 9.66 Å². The van der Waals surface area contributed by atoms with Crippen molar-refractivity contribution in [1.29, 1.82) is 0 Å². The first-order chi connectivity index (χ1) is 13.4. The van der Waals surface area contributed by atoms with Gasteiger partial charge in [-0.3, -0.25) is 4.68 Å². The summed E-state index contributed by atoms with van der Waals surface area (Å²) < 4.78 is 7.58. The van der Waals surface area contributed by atoms with Crippen molar-refractivity contribution in [1.82, 2.24) is 14.8 Å². The number of nitro groups is 1. The third kappa shape index (κ3) is 4.57. The summed E-state index contributed by atoms with van der Waals surface area (Å²) in [5, 5.41) is 17.6. The Kier molecular flexibility index (Phi) is 6.43. The maximum atomic E-state index is 11.1. The highest BCUT2D eigenvalue weighted by molar-refractivity contribution is 7.99. The molecular weight excluding hydrogens is 423 g/mol. The van der Waals surface area contributed by atoms with E-state index in [2.05, 4.69) is 10.1 Å². The van der Waals surface area contributed by atoms with E-state index in [1.807, 2.05) is 30.7 Å². The number of halogens is 2. The highest BCUT2D eigenvalue weighted by Crippen LogP contribution is 2.36. The first-order valence-electron chi connectivity index (χ1n) is 8.31. The maximum Gasteiger partial charge on any atom is 0.406 e. The number of hydrogen-bond acceptors (Lipinski definition) is 6. The lowest BCUT2D eigenvalue weighted by molar-refractivity contribution is -0.390. The predicted molar refractivity (Wildman–Crippen MR) is 108 cm³/mol. The van der Waals surface area contributed by atoms with Gasteiger partial charge in [-0.25, -0.2) is 0 Å². The number of benzene rings is 1. The lowest BCUT2D eigenvalue weighted by atomic mass is 10.3. The van der Waals surface area contributed by atoms with Gasteiger partial charge in [0.15, 0.2) is 0 Å². The Hall–Kier alpha value is -2.29. The lowest BCUT2D eigenvalue weighted by Gasteiger charge is -2.10. The zero-order valence-electron chi connectivity index (χ0n) is 15.1. The molecule has 0 aliphatic carbocycles. The molecule has 0 fully saturated rings. The summed E-state index contributed by atoms with van der Waals surface area (Å²) in [5.74, 6) is -0.211. The molecule has 28 heavy (non-hydrogen) atoms. The van der Waals surface area contributed by atoms with Crippen LogP contribution in [0.5, 0.6) is 5.75 Å². The van der Waals surface area contributed by atoms with Gasteiger partial charge >= 0.3 is 5.82 Å². The quantitative estimate of drug-likeness (QED) is 0.355. The normalized spacial score (nSPS) is 10.9. The molecule has 3 rings (SSSR count). The Labute approximate surface area is 175 Å². The van der Waals surface area contributed by atoms with Crippen molar-refractivity contribution in [2.75, 3.05) is 0 Å². The van der Waals surface area contributed by atoms with E-state index in [9.17, 15) is 10.1 Å². The highest BCUT2D eigenvalue weighted by Gasteiger charge is 2.20. The van der Waals surface area contributed by atoms with E-state index >= 15 is 0 Å². The lowest BCUT2D eigenvalue weighted by Crippen LogP contribution is -2.03. The minimum atomic E-state index is -0.568. The molecule has 0 spiro atoms. The van der Waals surface area contributed by atoms with Crippen molar-refractivity contribution in [3.63, 3.8) is 0 Å². The summed E-state index contributed by atoms with van der Waals surface area (Å²) in [6, 6.07) is 8.41. The van der Waals surface area contributed by atoms with Crippen LogP contribution in [-0.2, 0) is 13.2 Å². The predicted octanol–water partition coefficient (Wildman–Crippen LogP) is 5.55. The topological polar surface area (TPSA) is 83.1 Å². The van der Waals surface area contributed by atoms with E-state index in [1.165, 1.54) is 24.0 Å². The number of nitrogens with zero attached hydrogens (tertiary/aromatic N) is 4. The molecule has 1 aromatic carbocycles. The number of ether oxygens (including phenoxy) is 1. The van der Waals surface area contributed by atoms with Gasteiger partial charge in [-0.2, -0.15) is 5.10 Å². The van der Waals surface area contributed by atoms with Gasteiger partial charge in [0.1, 0.15) is 17.8 Å². The van der Waals surface area contributed by atoms with Crippen LogP contribution in [0.25, 0.3) is 0 Å². The standard InChI is InChI=1S/C18H16Cl2N4O3S/c1-3-23-18(28-14-8-12(19)7-13(20)9-14)15(11(2)22-23)10-27-16-5-4-6-21-17(16)24(25)26/h4-9H,3,10H2,1-2H3. The maximum absolute atomic E-state index is 11.1. The molecule has 0 unspecified atom stereocenters. The zero-order chi connectivity index (χ0) is 20.3. The number of hydrogen-bond donors (Lipinski definition) is 0. The fourth-order valence-corrected chi connectivity index (χ4v) is 4.43. The molecule has 10 heteroatoms. The van der Waals surface area contributed by atoms with E-state index in [0.717, 1.165) is 21.2 Å². The molecule has 7 nitrogen and oxygen atoms in total. The van der Waals surface area contributed by atoms with Crippen molar-refractivity contribution >= 4 is 40.8 Å². The van der Waals surface area contributed by atoms with Crippen LogP contribution >= 0.6 is 35.0 Å². The summed E-state index contributed by atoms with van der Waals surface area (Å²) in [4.78, 5) is 15.2. The van der Waals surface area contributed by atoms with Crippen molar-refractivity contribution in [3.8, 4) is 5.75 Å². The largest absolute Gasteiger partial charge is 0.481 e. The number of aryl methyl sites for hydroxylation is 2. The Bertz CT molecular complexity index is 1010. The van der Waals surface area contributed by atoms with Crippen LogP contribution in [0.1, 0.15) is 18.2 Å². The average Bonchev–Trinajstić information content (AvgIpc) is 2.94. The Morgan fingerprint density at radius 1 is 1.29 bits per heavy atom. The molecule has 0 amide bonds. The van der Waals surface area contributed by atoms with Gasteiger partial charge in [-0.15, -0.1) is 0 Å². The van der Waals surface area contributed by atoms with Crippen LogP contribution in [0.4, 0.5) is 5.82 Å². The molecule has 0 saturated carbocycles. The molecule has 0 atom stereocenters. The van der Waals surface area contributed by atoms with Gasteiger partial charge in [-0.05, 0) is 54.1 Å². The van der Waals surface area contributed by atoms with Gasteiger partial charge in [0.2, 0.25) is 5.75 Å². The van der Waals surface area contributed by atoms with Crippen LogP contribution in [0.3, 0.4) is 0 Å². The highest BCUT2D eigenvalue weighted by atomic mass is 35.5. The average molecular weight is 439 g/mol. The summed E-state index contributed by atoms with van der Waals surface area (Å²) in [5.41, 5.74) is 1.62. The zero-order valence-corrected chi connectivity index (χ0v) is 17.4. The molecule has 146 valence electrons. The Morgan fingerprint density at radius 3 is 2.64 bits per heavy atom. The van der Waals surface area contributed by atoms with Gasteiger partial charge in [-0.1, -0.05) is 35.0 Å². The Balaban J connectivity index is 1.91. The summed E-state index contributed by atoms with van der Waals surface area (Å²) in [6.07, 6.45) is 1.36. The van der Waals surface area contributed by atoms with Gasteiger partial charge in [0.25, 0.3) is 0 Å². The molecule has 2 heterocycles. The van der Waals surface area contributed by atoms with Crippen LogP contribution in [0.15, 0.2) is 46.5 Å². The van der Waals surface area contributed by atoms with Gasteiger partial charge in [0.05, 0.1) is 5.69 Å². The third-order valence-corrected chi connectivity index (χ3v) is 5.40. The summed E-state index contributed by atoms with van der Waals surface area (Å²) in [6.45, 7) is 4.63. The summed E-state index contributed by atoms with van der Waals surface area (Å²) >= 11 is 13.7. The molecule has 0 saturated heterocycles. The SMILES string of the molecule is CCn1nc(C)c(COc2cccnc2[N+](=O)[O-])c1Sc1cc(Cl)cc(Cl)c1. The minimum absolute atomic E-state index is 0.109. The van der Waals surface area contributed by atoms with Crippen molar-refractivity contribution in [2.24, 2.45) is 0 Å². The van der Waals surface area contributed by atoms with Crippen LogP contribution in [-0.4, -0.2) is 19.7 Å². The van der Waals surface area contributed by atoms with Gasteiger partial charge < -0.3 is 14.9 Å². The van der Waals surface area contributed by atoms with Crippen molar-refractivity contribution in [3.05, 3.63) is 67.9 Å². The second-order valence-electron chi connectivity index (χ2n) is 5.76. The van der Waals surface area contributed by atoms with E-state index in [-0.39, 0.29) is 18.2 Å². The van der Waals surface area contributed by atoms with E-state index in [0.29, 0.717) is 16.6 Å².